The van der Waals surface area contributed by atoms with Gasteiger partial charge in [0.05, 0.1) is 0 Å². The summed E-state index contributed by atoms with van der Waals surface area (Å²) in [5.74, 6) is 0.894. The van der Waals surface area contributed by atoms with E-state index in [9.17, 15) is 0 Å². The van der Waals surface area contributed by atoms with Crippen molar-refractivity contribution in [3.63, 3.8) is 0 Å². The van der Waals surface area contributed by atoms with Crippen LogP contribution < -0.4 is 0 Å². The molecular formula is C15H30. The summed E-state index contributed by atoms with van der Waals surface area (Å²) in [5.41, 5.74) is 0. The Balaban J connectivity index is 2.92. The molecule has 0 atom stereocenters. The van der Waals surface area contributed by atoms with E-state index in [4.69, 9.17) is 0 Å². The van der Waals surface area contributed by atoms with E-state index in [1.165, 1.54) is 57.8 Å². The van der Waals surface area contributed by atoms with E-state index < -0.39 is 0 Å². The molecule has 0 aliphatic rings. The molecule has 0 heteroatoms. The predicted octanol–water partition coefficient (Wildman–Crippen LogP) is 5.73. The van der Waals surface area contributed by atoms with Crippen molar-refractivity contribution < 1.29 is 0 Å². The van der Waals surface area contributed by atoms with Crippen LogP contribution in [0, 0.1) is 5.92 Å². The smallest absolute Gasteiger partial charge is 0.0351 e. The van der Waals surface area contributed by atoms with E-state index in [0.29, 0.717) is 0 Å². The van der Waals surface area contributed by atoms with E-state index in [1.54, 1.807) is 0 Å². The van der Waals surface area contributed by atoms with Crippen molar-refractivity contribution in [1.82, 2.24) is 0 Å². The first kappa shape index (κ1) is 14.7. The molecule has 0 aromatic rings. The highest BCUT2D eigenvalue weighted by atomic mass is 14.0. The molecule has 0 bridgehead atoms. The van der Waals surface area contributed by atoms with Crippen LogP contribution >= 0.6 is 0 Å². The zero-order chi connectivity index (χ0) is 11.4. The molecule has 0 spiro atoms. The molecule has 0 amide bonds. The zero-order valence-electron chi connectivity index (χ0n) is 11.1. The first-order valence-electron chi connectivity index (χ1n) is 6.88. The van der Waals surface area contributed by atoms with E-state index in [2.05, 4.69) is 32.9 Å². The molecular weight excluding hydrogens is 180 g/mol. The first-order chi connectivity index (χ1) is 7.27. The Kier molecular flexibility index (Phi) is 11.6. The summed E-state index contributed by atoms with van der Waals surface area (Å²) in [6, 6.07) is 0. The van der Waals surface area contributed by atoms with Gasteiger partial charge in [-0.25, -0.2) is 0 Å². The van der Waals surface area contributed by atoms with Gasteiger partial charge in [0.2, 0.25) is 0 Å². The monoisotopic (exact) mass is 210 g/mol. The van der Waals surface area contributed by atoms with Gasteiger partial charge in [0.15, 0.2) is 0 Å². The number of rotatable bonds is 10. The van der Waals surface area contributed by atoms with Gasteiger partial charge in [-0.3, -0.25) is 0 Å². The molecule has 90 valence electrons. The minimum atomic E-state index is 0.894. The van der Waals surface area contributed by atoms with E-state index in [0.717, 1.165) is 5.92 Å². The quantitative estimate of drug-likeness (QED) is 0.319. The second-order valence-electron chi connectivity index (χ2n) is 5.02. The number of hydrogen-bond donors (Lipinski definition) is 0. The molecule has 0 aliphatic heterocycles. The fourth-order valence-corrected chi connectivity index (χ4v) is 1.87. The Morgan fingerprint density at radius 3 is 1.87 bits per heavy atom. The van der Waals surface area contributed by atoms with Gasteiger partial charge in [0.1, 0.15) is 0 Å². The summed E-state index contributed by atoms with van der Waals surface area (Å²) in [6.07, 6.45) is 17.2. The van der Waals surface area contributed by atoms with E-state index in [-0.39, 0.29) is 0 Å². The molecule has 0 saturated carbocycles. The molecule has 0 heterocycles. The Morgan fingerprint density at radius 2 is 1.33 bits per heavy atom. The molecule has 0 rings (SSSR count). The van der Waals surface area contributed by atoms with Crippen LogP contribution in [0.3, 0.4) is 0 Å². The normalized spacial score (nSPS) is 11.7. The van der Waals surface area contributed by atoms with Crippen LogP contribution in [0.5, 0.6) is 0 Å². The maximum Gasteiger partial charge on any atom is -0.0351 e. The van der Waals surface area contributed by atoms with Crippen LogP contribution in [-0.2, 0) is 0 Å². The van der Waals surface area contributed by atoms with Crippen molar-refractivity contribution in [3.05, 3.63) is 12.2 Å². The number of hydrogen-bond acceptors (Lipinski definition) is 0. The van der Waals surface area contributed by atoms with Gasteiger partial charge in [-0.15, -0.1) is 0 Å². The molecule has 0 aliphatic carbocycles. The van der Waals surface area contributed by atoms with Crippen LogP contribution in [0.1, 0.15) is 78.6 Å². The van der Waals surface area contributed by atoms with Gasteiger partial charge in [-0.1, -0.05) is 70.9 Å². The number of unbranched alkanes of at least 4 members (excludes halogenated alkanes) is 7. The molecule has 15 heavy (non-hydrogen) atoms. The van der Waals surface area contributed by atoms with Crippen molar-refractivity contribution in [2.24, 2.45) is 5.92 Å². The van der Waals surface area contributed by atoms with Crippen molar-refractivity contribution in [3.8, 4) is 0 Å². The maximum atomic E-state index is 2.32. The lowest BCUT2D eigenvalue weighted by Crippen LogP contribution is -1.87. The topological polar surface area (TPSA) is 0 Å². The fraction of sp³-hybridized carbons (Fsp3) is 0.867. The molecule has 0 aromatic heterocycles. The molecule has 0 nitrogen and oxygen atoms in total. The lowest BCUT2D eigenvalue weighted by atomic mass is 10.0. The minimum Gasteiger partial charge on any atom is -0.0917 e. The van der Waals surface area contributed by atoms with Gasteiger partial charge in [-0.2, -0.15) is 0 Å². The SMILES string of the molecule is CC=CCCCCCCCCCC(C)C. The standard InChI is InChI=1S/C15H30/c1-4-5-6-7-8-9-10-11-12-13-14-15(2)3/h4-5,15H,6-14H2,1-3H3. The molecule has 0 unspecified atom stereocenters. The van der Waals surface area contributed by atoms with Crippen molar-refractivity contribution in [2.45, 2.75) is 78.6 Å². The Bertz CT molecular complexity index is 133. The fourth-order valence-electron chi connectivity index (χ4n) is 1.87. The second kappa shape index (κ2) is 11.8. The highest BCUT2D eigenvalue weighted by Gasteiger charge is 1.94. The summed E-state index contributed by atoms with van der Waals surface area (Å²) in [6.45, 7) is 6.75. The highest BCUT2D eigenvalue weighted by Crippen LogP contribution is 2.12. The summed E-state index contributed by atoms with van der Waals surface area (Å²) in [4.78, 5) is 0. The lowest BCUT2D eigenvalue weighted by molar-refractivity contribution is 0.509. The third-order valence-electron chi connectivity index (χ3n) is 2.89. The predicted molar refractivity (Wildman–Crippen MR) is 71.2 cm³/mol. The third kappa shape index (κ3) is 13.7. The average molecular weight is 210 g/mol. The van der Waals surface area contributed by atoms with Gasteiger partial charge < -0.3 is 0 Å². The van der Waals surface area contributed by atoms with Crippen LogP contribution in [0.15, 0.2) is 12.2 Å². The van der Waals surface area contributed by atoms with E-state index >= 15 is 0 Å². The highest BCUT2D eigenvalue weighted by molar-refractivity contribution is 4.76. The summed E-state index contributed by atoms with van der Waals surface area (Å²) < 4.78 is 0. The van der Waals surface area contributed by atoms with Crippen LogP contribution in [0.2, 0.25) is 0 Å². The zero-order valence-corrected chi connectivity index (χ0v) is 11.1. The largest absolute Gasteiger partial charge is 0.0917 e. The van der Waals surface area contributed by atoms with Crippen LogP contribution in [-0.4, -0.2) is 0 Å². The molecule has 0 saturated heterocycles. The molecule has 0 N–H and O–H groups in total. The first-order valence-corrected chi connectivity index (χ1v) is 6.88. The second-order valence-corrected chi connectivity index (χ2v) is 5.02. The van der Waals surface area contributed by atoms with Gasteiger partial charge in [-0.05, 0) is 25.7 Å². The molecule has 0 aromatic carbocycles. The summed E-state index contributed by atoms with van der Waals surface area (Å²) in [7, 11) is 0. The number of allylic oxidation sites excluding steroid dienone is 2. The molecule has 0 radical (unpaired) electrons. The van der Waals surface area contributed by atoms with Gasteiger partial charge in [0, 0.05) is 0 Å². The van der Waals surface area contributed by atoms with Gasteiger partial charge >= 0.3 is 0 Å². The summed E-state index contributed by atoms with van der Waals surface area (Å²) in [5, 5.41) is 0. The Morgan fingerprint density at radius 1 is 0.800 bits per heavy atom. The molecule has 0 fully saturated rings. The Labute approximate surface area is 97.2 Å². The third-order valence-corrected chi connectivity index (χ3v) is 2.89. The minimum absolute atomic E-state index is 0.894. The van der Waals surface area contributed by atoms with Crippen LogP contribution in [0.25, 0.3) is 0 Å². The Hall–Kier alpha value is -0.260. The average Bonchev–Trinajstić information content (AvgIpc) is 2.20. The maximum absolute atomic E-state index is 2.32. The van der Waals surface area contributed by atoms with Crippen molar-refractivity contribution in [1.29, 1.82) is 0 Å². The lowest BCUT2D eigenvalue weighted by Gasteiger charge is -2.04. The summed E-state index contributed by atoms with van der Waals surface area (Å²) >= 11 is 0. The van der Waals surface area contributed by atoms with Crippen molar-refractivity contribution in [2.75, 3.05) is 0 Å². The van der Waals surface area contributed by atoms with E-state index in [1.807, 2.05) is 0 Å². The van der Waals surface area contributed by atoms with Crippen LogP contribution in [0.4, 0.5) is 0 Å². The van der Waals surface area contributed by atoms with Gasteiger partial charge in [0.25, 0.3) is 0 Å². The van der Waals surface area contributed by atoms with Crippen molar-refractivity contribution >= 4 is 0 Å².